The molecule has 0 fully saturated rings. The average molecular weight is 691 g/mol. The first-order chi connectivity index (χ1) is 24.7. The number of ether oxygens (including phenoxy) is 2. The van der Waals surface area contributed by atoms with Gasteiger partial charge in [-0.15, -0.1) is 0 Å². The van der Waals surface area contributed by atoms with Crippen LogP contribution in [0.2, 0.25) is 0 Å². The maximum atomic E-state index is 12.4. The largest absolute Gasteiger partial charge is 0.519 e. The maximum absolute atomic E-state index is 12.4. The zero-order valence-corrected chi connectivity index (χ0v) is 33.0. The number of carbonyl (C=O) groups excluding carboxylic acids is 1. The van der Waals surface area contributed by atoms with Gasteiger partial charge in [0.15, 0.2) is 0 Å². The first-order valence-electron chi connectivity index (χ1n) is 21.8. The second-order valence-corrected chi connectivity index (χ2v) is 15.1. The molecule has 0 aliphatic carbocycles. The summed E-state index contributed by atoms with van der Waals surface area (Å²) in [6.45, 7) is 4.58. The van der Waals surface area contributed by atoms with Crippen molar-refractivity contribution < 1.29 is 14.3 Å². The topological polar surface area (TPSA) is 35.5 Å². The highest BCUT2D eigenvalue weighted by Gasteiger charge is 2.08. The Balaban J connectivity index is 1.41. The van der Waals surface area contributed by atoms with Gasteiger partial charge in [0, 0.05) is 0 Å². The zero-order valence-electron chi connectivity index (χ0n) is 33.0. The molecule has 0 aromatic heterocycles. The van der Waals surface area contributed by atoms with E-state index in [2.05, 4.69) is 38.1 Å². The minimum Gasteiger partial charge on any atom is -0.395 e. The summed E-state index contributed by atoms with van der Waals surface area (Å²) in [7, 11) is 0. The second-order valence-electron chi connectivity index (χ2n) is 15.1. The number of benzene rings is 2. The van der Waals surface area contributed by atoms with E-state index in [1.165, 1.54) is 204 Å². The molecule has 2 aromatic carbocycles. The summed E-state index contributed by atoms with van der Waals surface area (Å²) in [5, 5.41) is 0. The van der Waals surface area contributed by atoms with Gasteiger partial charge >= 0.3 is 6.16 Å². The van der Waals surface area contributed by atoms with Crippen molar-refractivity contribution in [3.63, 3.8) is 0 Å². The molecule has 2 aromatic rings. The number of hydrogen-bond acceptors (Lipinski definition) is 3. The van der Waals surface area contributed by atoms with Gasteiger partial charge in [0.2, 0.25) is 0 Å². The van der Waals surface area contributed by atoms with Crippen LogP contribution in [0, 0.1) is 0 Å². The van der Waals surface area contributed by atoms with Crippen LogP contribution in [0.5, 0.6) is 11.5 Å². The Labute approximate surface area is 310 Å². The van der Waals surface area contributed by atoms with Crippen LogP contribution >= 0.6 is 0 Å². The third-order valence-corrected chi connectivity index (χ3v) is 10.4. The molecule has 0 aliphatic rings. The fourth-order valence-corrected chi connectivity index (χ4v) is 7.06. The first-order valence-corrected chi connectivity index (χ1v) is 21.8. The third kappa shape index (κ3) is 25.6. The number of unbranched alkanes of at least 4 members (excludes halogenated alkanes) is 28. The van der Waals surface area contributed by atoms with Crippen LogP contribution in [0.1, 0.15) is 218 Å². The minimum absolute atomic E-state index is 0.528. The van der Waals surface area contributed by atoms with Crippen molar-refractivity contribution >= 4 is 6.16 Å². The Kier molecular flexibility index (Phi) is 28.6. The maximum Gasteiger partial charge on any atom is 0.519 e. The highest BCUT2D eigenvalue weighted by atomic mass is 16.7. The van der Waals surface area contributed by atoms with E-state index in [1.807, 2.05) is 24.3 Å². The Hall–Kier alpha value is -2.29. The van der Waals surface area contributed by atoms with Crippen LogP contribution in [0.25, 0.3) is 0 Å². The van der Waals surface area contributed by atoms with Gasteiger partial charge in [-0.3, -0.25) is 0 Å². The van der Waals surface area contributed by atoms with Crippen LogP contribution in [0.3, 0.4) is 0 Å². The van der Waals surface area contributed by atoms with Gasteiger partial charge in [-0.25, -0.2) is 4.79 Å². The predicted molar refractivity (Wildman–Crippen MR) is 217 cm³/mol. The molecular formula is C47H78O3. The summed E-state index contributed by atoms with van der Waals surface area (Å²) in [5.41, 5.74) is 2.59. The van der Waals surface area contributed by atoms with Crippen LogP contribution in [-0.4, -0.2) is 6.16 Å². The Morgan fingerprint density at radius 3 is 0.800 bits per heavy atom. The molecule has 0 aliphatic heterocycles. The lowest BCUT2D eigenvalue weighted by molar-refractivity contribution is 0.152. The van der Waals surface area contributed by atoms with Crippen molar-refractivity contribution in [3.05, 3.63) is 59.7 Å². The van der Waals surface area contributed by atoms with Gasteiger partial charge < -0.3 is 9.47 Å². The SMILES string of the molecule is CCCCCCCCCCCCCCCCCc1ccc(OC(=O)Oc2ccc(CCCCCCCCCCCCCCCCC)cc2)cc1. The number of rotatable bonds is 34. The van der Waals surface area contributed by atoms with Crippen molar-refractivity contribution in [2.45, 2.75) is 219 Å². The van der Waals surface area contributed by atoms with Gasteiger partial charge in [0.25, 0.3) is 0 Å². The molecule has 50 heavy (non-hydrogen) atoms. The van der Waals surface area contributed by atoms with Crippen LogP contribution in [0.4, 0.5) is 4.79 Å². The Morgan fingerprint density at radius 1 is 0.340 bits per heavy atom. The molecule has 0 saturated heterocycles. The fraction of sp³-hybridized carbons (Fsp3) is 0.723. The van der Waals surface area contributed by atoms with E-state index in [4.69, 9.17) is 9.47 Å². The van der Waals surface area contributed by atoms with Crippen molar-refractivity contribution in [3.8, 4) is 11.5 Å². The van der Waals surface area contributed by atoms with E-state index in [0.29, 0.717) is 11.5 Å². The predicted octanol–water partition coefficient (Wildman–Crippen LogP) is 16.1. The second kappa shape index (κ2) is 32.6. The van der Waals surface area contributed by atoms with Crippen molar-refractivity contribution in [2.24, 2.45) is 0 Å². The molecule has 3 nitrogen and oxygen atoms in total. The molecule has 0 N–H and O–H groups in total. The molecule has 0 spiro atoms. The summed E-state index contributed by atoms with van der Waals surface area (Å²) in [5.74, 6) is 1.06. The van der Waals surface area contributed by atoms with Crippen LogP contribution < -0.4 is 9.47 Å². The molecular weight excluding hydrogens is 613 g/mol. The number of carbonyl (C=O) groups is 1. The first kappa shape index (κ1) is 43.9. The molecule has 0 bridgehead atoms. The van der Waals surface area contributed by atoms with Crippen molar-refractivity contribution in [1.29, 1.82) is 0 Å². The van der Waals surface area contributed by atoms with Gasteiger partial charge in [-0.05, 0) is 61.1 Å². The molecule has 0 atom stereocenters. The highest BCUT2D eigenvalue weighted by molar-refractivity contribution is 5.67. The molecule has 284 valence electrons. The van der Waals surface area contributed by atoms with E-state index < -0.39 is 6.16 Å². The van der Waals surface area contributed by atoms with Crippen LogP contribution in [0.15, 0.2) is 48.5 Å². The Morgan fingerprint density at radius 2 is 0.560 bits per heavy atom. The smallest absolute Gasteiger partial charge is 0.395 e. The summed E-state index contributed by atoms with van der Waals surface area (Å²) in [4.78, 5) is 12.4. The normalized spacial score (nSPS) is 11.2. The Bertz CT molecular complexity index is 930. The van der Waals surface area contributed by atoms with Gasteiger partial charge in [-0.1, -0.05) is 218 Å². The molecule has 0 unspecified atom stereocenters. The lowest BCUT2D eigenvalue weighted by Crippen LogP contribution is -2.13. The summed E-state index contributed by atoms with van der Waals surface area (Å²) >= 11 is 0. The number of hydrogen-bond donors (Lipinski definition) is 0. The van der Waals surface area contributed by atoms with Gasteiger partial charge in [0.1, 0.15) is 11.5 Å². The summed E-state index contributed by atoms with van der Waals surface area (Å²) < 4.78 is 10.9. The summed E-state index contributed by atoms with van der Waals surface area (Å²) in [6, 6.07) is 15.8. The molecule has 3 heteroatoms. The average Bonchev–Trinajstić information content (AvgIpc) is 3.13. The van der Waals surface area contributed by atoms with Crippen LogP contribution in [-0.2, 0) is 12.8 Å². The lowest BCUT2D eigenvalue weighted by Gasteiger charge is -2.08. The zero-order chi connectivity index (χ0) is 35.6. The molecule has 0 radical (unpaired) electrons. The fourth-order valence-electron chi connectivity index (χ4n) is 7.06. The molecule has 0 amide bonds. The van der Waals surface area contributed by atoms with E-state index in [0.717, 1.165) is 12.8 Å². The van der Waals surface area contributed by atoms with E-state index in [1.54, 1.807) is 0 Å². The third-order valence-electron chi connectivity index (χ3n) is 10.4. The quantitative estimate of drug-likeness (QED) is 0.0416. The highest BCUT2D eigenvalue weighted by Crippen LogP contribution is 2.20. The van der Waals surface area contributed by atoms with Crippen molar-refractivity contribution in [1.82, 2.24) is 0 Å². The van der Waals surface area contributed by atoms with E-state index >= 15 is 0 Å². The summed E-state index contributed by atoms with van der Waals surface area (Å²) in [6.07, 6.45) is 43.1. The standard InChI is InChI=1S/C47H78O3/c1-3-5-7-9-11-13-15-17-19-21-23-25-27-29-31-33-43-35-39-45(40-36-43)49-47(48)50-46-41-37-44(38-42-46)34-32-30-28-26-24-22-20-18-16-14-12-10-8-6-4-2/h35-42H,3-34H2,1-2H3. The monoisotopic (exact) mass is 691 g/mol. The van der Waals surface area contributed by atoms with Gasteiger partial charge in [0.05, 0.1) is 0 Å². The van der Waals surface area contributed by atoms with Gasteiger partial charge in [-0.2, -0.15) is 0 Å². The molecule has 0 heterocycles. The molecule has 0 saturated carbocycles. The lowest BCUT2D eigenvalue weighted by atomic mass is 10.0. The number of aryl methyl sites for hydroxylation is 2. The van der Waals surface area contributed by atoms with Crippen molar-refractivity contribution in [2.75, 3.05) is 0 Å². The molecule has 2 rings (SSSR count). The minimum atomic E-state index is -0.685. The van der Waals surface area contributed by atoms with E-state index in [-0.39, 0.29) is 0 Å². The van der Waals surface area contributed by atoms with E-state index in [9.17, 15) is 4.79 Å².